The number of hydrogen-bond acceptors (Lipinski definition) is 2. The molecule has 30 heavy (non-hydrogen) atoms. The van der Waals surface area contributed by atoms with Crippen LogP contribution >= 0.6 is 0 Å². The van der Waals surface area contributed by atoms with Gasteiger partial charge in [-0.1, -0.05) is 110 Å². The van der Waals surface area contributed by atoms with E-state index in [1.54, 1.807) is 0 Å². The summed E-state index contributed by atoms with van der Waals surface area (Å²) in [6, 6.07) is -0.103. The van der Waals surface area contributed by atoms with Gasteiger partial charge in [0.1, 0.15) is 0 Å². The van der Waals surface area contributed by atoms with Crippen LogP contribution in [0.5, 0.6) is 0 Å². The van der Waals surface area contributed by atoms with Crippen molar-refractivity contribution < 1.29 is 14.7 Å². The average molecular weight is 427 g/mol. The molecule has 0 aromatic carbocycles. The molecule has 178 valence electrons. The van der Waals surface area contributed by atoms with E-state index in [4.69, 9.17) is 5.11 Å². The molecule has 0 spiro atoms. The van der Waals surface area contributed by atoms with Crippen molar-refractivity contribution in [3.8, 4) is 0 Å². The molecule has 3 N–H and O–H groups in total. The van der Waals surface area contributed by atoms with Gasteiger partial charge in [-0.25, -0.2) is 4.79 Å². The summed E-state index contributed by atoms with van der Waals surface area (Å²) in [6.45, 7) is 3.63. The van der Waals surface area contributed by atoms with E-state index < -0.39 is 5.97 Å². The monoisotopic (exact) mass is 426 g/mol. The molecule has 0 aliphatic rings. The molecule has 0 atom stereocenters. The second kappa shape index (κ2) is 24.0. The molecule has 5 heteroatoms. The molecule has 0 aromatic rings. The third-order valence-corrected chi connectivity index (χ3v) is 5.67. The smallest absolute Gasteiger partial charge is 0.314 e. The minimum absolute atomic E-state index is 0.103. The van der Waals surface area contributed by atoms with Crippen LogP contribution in [0.15, 0.2) is 0 Å². The van der Waals surface area contributed by atoms with Crippen molar-refractivity contribution in [2.24, 2.45) is 0 Å². The number of amides is 2. The molecular weight excluding hydrogens is 376 g/mol. The Hall–Kier alpha value is -1.26. The van der Waals surface area contributed by atoms with Crippen LogP contribution in [-0.2, 0) is 4.79 Å². The van der Waals surface area contributed by atoms with Crippen LogP contribution in [0.1, 0.15) is 135 Å². The normalized spacial score (nSPS) is 10.8. The first-order chi connectivity index (χ1) is 14.7. The lowest BCUT2D eigenvalue weighted by molar-refractivity contribution is -0.137. The van der Waals surface area contributed by atoms with Crippen molar-refractivity contribution in [3.05, 3.63) is 0 Å². The molecule has 0 aliphatic carbocycles. The van der Waals surface area contributed by atoms with Gasteiger partial charge in [0.15, 0.2) is 0 Å². The van der Waals surface area contributed by atoms with Crippen molar-refractivity contribution in [2.45, 2.75) is 135 Å². The van der Waals surface area contributed by atoms with Gasteiger partial charge >= 0.3 is 12.0 Å². The summed E-state index contributed by atoms with van der Waals surface area (Å²) >= 11 is 0. The number of carbonyl (C=O) groups excluding carboxylic acids is 1. The van der Waals surface area contributed by atoms with Gasteiger partial charge in [0.25, 0.3) is 0 Å². The molecule has 0 bridgehead atoms. The summed E-state index contributed by atoms with van der Waals surface area (Å²) in [7, 11) is 0. The van der Waals surface area contributed by atoms with Gasteiger partial charge in [0, 0.05) is 19.5 Å². The van der Waals surface area contributed by atoms with Crippen molar-refractivity contribution in [1.82, 2.24) is 10.6 Å². The number of hydrogen-bond donors (Lipinski definition) is 3. The Bertz CT molecular complexity index is 389. The van der Waals surface area contributed by atoms with Gasteiger partial charge in [-0.2, -0.15) is 0 Å². The Kier molecular flexibility index (Phi) is 23.0. The second-order valence-corrected chi connectivity index (χ2v) is 8.69. The van der Waals surface area contributed by atoms with Gasteiger partial charge < -0.3 is 15.7 Å². The predicted octanol–water partition coefficient (Wildman–Crippen LogP) is 7.19. The van der Waals surface area contributed by atoms with E-state index in [-0.39, 0.29) is 12.5 Å². The lowest BCUT2D eigenvalue weighted by Crippen LogP contribution is -2.36. The molecule has 0 aliphatic heterocycles. The zero-order valence-electron chi connectivity index (χ0n) is 19.8. The Labute approximate surface area is 186 Å². The van der Waals surface area contributed by atoms with Crippen LogP contribution < -0.4 is 10.6 Å². The fourth-order valence-corrected chi connectivity index (χ4v) is 3.72. The average Bonchev–Trinajstić information content (AvgIpc) is 2.72. The molecule has 0 rings (SSSR count). The Morgan fingerprint density at radius 2 is 0.867 bits per heavy atom. The Morgan fingerprint density at radius 1 is 0.533 bits per heavy atom. The highest BCUT2D eigenvalue weighted by molar-refractivity contribution is 5.73. The molecule has 0 unspecified atom stereocenters. The van der Waals surface area contributed by atoms with Crippen molar-refractivity contribution >= 4 is 12.0 Å². The molecule has 0 heterocycles. The van der Waals surface area contributed by atoms with Crippen molar-refractivity contribution in [3.63, 3.8) is 0 Å². The minimum Gasteiger partial charge on any atom is -0.481 e. The SMILES string of the molecule is CCCCCCCCCCCCCCCCCCNC(=O)NCCCCCC(=O)O. The lowest BCUT2D eigenvalue weighted by atomic mass is 10.0. The number of urea groups is 1. The summed E-state index contributed by atoms with van der Waals surface area (Å²) in [5, 5.41) is 14.3. The first-order valence-electron chi connectivity index (χ1n) is 12.9. The fraction of sp³-hybridized carbons (Fsp3) is 0.920. The van der Waals surface area contributed by atoms with Gasteiger partial charge in [0.05, 0.1) is 0 Å². The van der Waals surface area contributed by atoms with E-state index in [1.807, 2.05) is 0 Å². The van der Waals surface area contributed by atoms with Crippen LogP contribution in [0, 0.1) is 0 Å². The van der Waals surface area contributed by atoms with E-state index >= 15 is 0 Å². The standard InChI is InChI=1S/C25H50N2O3/c1-2-3-4-5-6-7-8-9-10-11-12-13-14-15-16-19-22-26-25(30)27-23-20-17-18-21-24(28)29/h2-23H2,1H3,(H,28,29)(H2,26,27,30). The molecule has 0 fully saturated rings. The summed E-state index contributed by atoms with van der Waals surface area (Å²) in [6.07, 6.45) is 24.3. The third-order valence-electron chi connectivity index (χ3n) is 5.67. The third kappa shape index (κ3) is 24.8. The number of aliphatic carboxylic acids is 1. The molecule has 0 saturated heterocycles. The van der Waals surface area contributed by atoms with Crippen LogP contribution in [0.25, 0.3) is 0 Å². The quantitative estimate of drug-likeness (QED) is 0.151. The maximum absolute atomic E-state index is 11.6. The van der Waals surface area contributed by atoms with Gasteiger partial charge in [-0.15, -0.1) is 0 Å². The van der Waals surface area contributed by atoms with Crippen LogP contribution in [0.2, 0.25) is 0 Å². The maximum atomic E-state index is 11.6. The van der Waals surface area contributed by atoms with Gasteiger partial charge in [0.2, 0.25) is 0 Å². The Balaban J connectivity index is 3.13. The van der Waals surface area contributed by atoms with Crippen molar-refractivity contribution in [2.75, 3.05) is 13.1 Å². The molecule has 5 nitrogen and oxygen atoms in total. The lowest BCUT2D eigenvalue weighted by Gasteiger charge is -2.07. The van der Waals surface area contributed by atoms with Gasteiger partial charge in [-0.3, -0.25) is 4.79 Å². The Morgan fingerprint density at radius 3 is 1.23 bits per heavy atom. The zero-order valence-corrected chi connectivity index (χ0v) is 19.8. The van der Waals surface area contributed by atoms with E-state index in [0.717, 1.165) is 25.8 Å². The fourth-order valence-electron chi connectivity index (χ4n) is 3.72. The maximum Gasteiger partial charge on any atom is 0.314 e. The van der Waals surface area contributed by atoms with E-state index in [9.17, 15) is 9.59 Å². The molecule has 0 radical (unpaired) electrons. The molecule has 0 aromatic heterocycles. The van der Waals surface area contributed by atoms with E-state index in [2.05, 4.69) is 17.6 Å². The topological polar surface area (TPSA) is 78.4 Å². The van der Waals surface area contributed by atoms with Crippen LogP contribution in [-0.4, -0.2) is 30.2 Å². The predicted molar refractivity (Wildman–Crippen MR) is 127 cm³/mol. The van der Waals surface area contributed by atoms with E-state index in [0.29, 0.717) is 13.0 Å². The number of carbonyl (C=O) groups is 2. The highest BCUT2D eigenvalue weighted by Crippen LogP contribution is 2.13. The van der Waals surface area contributed by atoms with Crippen LogP contribution in [0.3, 0.4) is 0 Å². The number of rotatable bonds is 23. The molecular formula is C25H50N2O3. The highest BCUT2D eigenvalue weighted by atomic mass is 16.4. The van der Waals surface area contributed by atoms with E-state index in [1.165, 1.54) is 96.3 Å². The summed E-state index contributed by atoms with van der Waals surface area (Å²) in [5.41, 5.74) is 0. The summed E-state index contributed by atoms with van der Waals surface area (Å²) in [4.78, 5) is 22.0. The number of carboxylic acid groups (broad SMARTS) is 1. The van der Waals surface area contributed by atoms with Crippen molar-refractivity contribution in [1.29, 1.82) is 0 Å². The number of nitrogens with one attached hydrogen (secondary N) is 2. The first-order valence-corrected chi connectivity index (χ1v) is 12.9. The number of unbranched alkanes of at least 4 members (excludes halogenated alkanes) is 17. The molecule has 0 saturated carbocycles. The van der Waals surface area contributed by atoms with Crippen LogP contribution in [0.4, 0.5) is 4.79 Å². The van der Waals surface area contributed by atoms with Gasteiger partial charge in [-0.05, 0) is 19.3 Å². The summed E-state index contributed by atoms with van der Waals surface area (Å²) < 4.78 is 0. The molecule has 2 amide bonds. The second-order valence-electron chi connectivity index (χ2n) is 8.69. The minimum atomic E-state index is -0.750. The summed E-state index contributed by atoms with van der Waals surface area (Å²) in [5.74, 6) is -0.750. The zero-order chi connectivity index (χ0) is 22.1. The largest absolute Gasteiger partial charge is 0.481 e. The highest BCUT2D eigenvalue weighted by Gasteiger charge is 2.00. The number of carboxylic acids is 1. The first kappa shape index (κ1) is 28.7.